The van der Waals surface area contributed by atoms with Crippen molar-refractivity contribution in [1.82, 2.24) is 9.97 Å². The van der Waals surface area contributed by atoms with Gasteiger partial charge in [0.05, 0.1) is 11.4 Å². The summed E-state index contributed by atoms with van der Waals surface area (Å²) in [5, 5.41) is 5.58. The highest BCUT2D eigenvalue weighted by atomic mass is 32.2. The Morgan fingerprint density at radius 1 is 1.18 bits per heavy atom. The second-order valence-electron chi connectivity index (χ2n) is 6.68. The summed E-state index contributed by atoms with van der Waals surface area (Å²) in [6, 6.07) is 11.9. The van der Waals surface area contributed by atoms with E-state index >= 15 is 0 Å². The average molecular weight is 410 g/mol. The number of thioether (sulfide) groups is 1. The van der Waals surface area contributed by atoms with Gasteiger partial charge >= 0.3 is 0 Å². The number of aryl methyl sites for hydroxylation is 1. The maximum absolute atomic E-state index is 12.2. The summed E-state index contributed by atoms with van der Waals surface area (Å²) in [4.78, 5) is 22.2. The lowest BCUT2D eigenvalue weighted by molar-refractivity contribution is -0.113. The molecule has 2 heterocycles. The van der Waals surface area contributed by atoms with Gasteiger partial charge in [-0.1, -0.05) is 37.7 Å². The summed E-state index contributed by atoms with van der Waals surface area (Å²) < 4.78 is 0. The van der Waals surface area contributed by atoms with Crippen molar-refractivity contribution in [3.05, 3.63) is 69.7 Å². The molecule has 6 heteroatoms. The van der Waals surface area contributed by atoms with Gasteiger partial charge < -0.3 is 5.32 Å². The molecule has 0 aliphatic heterocycles. The lowest BCUT2D eigenvalue weighted by Crippen LogP contribution is -2.14. The maximum atomic E-state index is 12.2. The first-order valence-corrected chi connectivity index (χ1v) is 11.0. The number of hydrogen-bond acceptors (Lipinski definition) is 5. The quantitative estimate of drug-likeness (QED) is 0.391. The molecular weight excluding hydrogens is 386 g/mol. The van der Waals surface area contributed by atoms with Crippen LogP contribution in [0.4, 0.5) is 5.69 Å². The average Bonchev–Trinajstić information content (AvgIpc) is 3.10. The molecule has 0 saturated carbocycles. The highest BCUT2D eigenvalue weighted by Gasteiger charge is 2.07. The summed E-state index contributed by atoms with van der Waals surface area (Å²) in [5.74, 6) is 0.673. The second kappa shape index (κ2) is 9.66. The van der Waals surface area contributed by atoms with Crippen LogP contribution in [0.3, 0.4) is 0 Å². The zero-order valence-electron chi connectivity index (χ0n) is 16.2. The van der Waals surface area contributed by atoms with Crippen molar-refractivity contribution in [3.63, 3.8) is 0 Å². The maximum Gasteiger partial charge on any atom is 0.234 e. The minimum Gasteiger partial charge on any atom is -0.325 e. The Hall–Kier alpha value is -2.44. The third-order valence-electron chi connectivity index (χ3n) is 4.16. The van der Waals surface area contributed by atoms with Gasteiger partial charge in [-0.15, -0.1) is 11.3 Å². The van der Waals surface area contributed by atoms with Gasteiger partial charge in [-0.25, -0.2) is 9.97 Å². The van der Waals surface area contributed by atoms with Crippen molar-refractivity contribution in [2.24, 2.45) is 0 Å². The van der Waals surface area contributed by atoms with E-state index in [1.807, 2.05) is 36.4 Å². The Kier molecular flexibility index (Phi) is 7.01. The Balaban J connectivity index is 1.54. The summed E-state index contributed by atoms with van der Waals surface area (Å²) >= 11 is 3.03. The van der Waals surface area contributed by atoms with Gasteiger partial charge in [-0.2, -0.15) is 0 Å². The van der Waals surface area contributed by atoms with Crippen LogP contribution in [0.2, 0.25) is 0 Å². The lowest BCUT2D eigenvalue weighted by atomic mass is 10.0. The molecule has 0 saturated heterocycles. The van der Waals surface area contributed by atoms with Crippen molar-refractivity contribution in [3.8, 4) is 0 Å². The molecule has 0 bridgehead atoms. The number of amides is 1. The molecule has 0 spiro atoms. The van der Waals surface area contributed by atoms with E-state index in [9.17, 15) is 4.79 Å². The summed E-state index contributed by atoms with van der Waals surface area (Å²) in [5.41, 5.74) is 4.14. The normalized spacial score (nSPS) is 11.3. The molecule has 0 unspecified atom stereocenters. The first-order chi connectivity index (χ1) is 13.5. The lowest BCUT2D eigenvalue weighted by Gasteiger charge is -2.08. The van der Waals surface area contributed by atoms with Crippen LogP contribution >= 0.6 is 23.1 Å². The molecule has 2 aromatic heterocycles. The van der Waals surface area contributed by atoms with Crippen LogP contribution in [0.15, 0.2) is 53.1 Å². The summed E-state index contributed by atoms with van der Waals surface area (Å²) in [7, 11) is 0. The highest BCUT2D eigenvalue weighted by Crippen LogP contribution is 2.20. The number of thiophene rings is 1. The van der Waals surface area contributed by atoms with Gasteiger partial charge in [0.15, 0.2) is 5.16 Å². The zero-order chi connectivity index (χ0) is 19.9. The molecule has 0 atom stereocenters. The molecule has 1 aromatic carbocycles. The van der Waals surface area contributed by atoms with Crippen LogP contribution in [0.25, 0.3) is 12.2 Å². The van der Waals surface area contributed by atoms with Gasteiger partial charge in [-0.3, -0.25) is 4.79 Å². The standard InChI is InChI=1S/C22H23N3OS2/c1-15(2)17-4-6-18(7-5-17)24-21(26)14-28-22-23-12-10-19(25-22)8-9-20-16(3)11-13-27-20/h4-13,15H,14H2,1-3H3,(H,24,26)/b9-8+. The fourth-order valence-corrected chi connectivity index (χ4v) is 3.97. The van der Waals surface area contributed by atoms with Gasteiger partial charge in [0, 0.05) is 16.8 Å². The van der Waals surface area contributed by atoms with Gasteiger partial charge in [-0.05, 0) is 65.8 Å². The van der Waals surface area contributed by atoms with Crippen LogP contribution in [-0.2, 0) is 4.79 Å². The van der Waals surface area contributed by atoms with Crippen LogP contribution in [-0.4, -0.2) is 21.6 Å². The first-order valence-electron chi connectivity index (χ1n) is 9.09. The van der Waals surface area contributed by atoms with Crippen LogP contribution < -0.4 is 5.32 Å². The number of rotatable bonds is 7. The van der Waals surface area contributed by atoms with Crippen molar-refractivity contribution in [2.45, 2.75) is 31.8 Å². The SMILES string of the molecule is Cc1ccsc1/C=C/c1ccnc(SCC(=O)Nc2ccc(C(C)C)cc2)n1. The molecule has 0 fully saturated rings. The predicted octanol–water partition coefficient (Wildman–Crippen LogP) is 5.87. The summed E-state index contributed by atoms with van der Waals surface area (Å²) in [6.07, 6.45) is 5.75. The molecule has 3 rings (SSSR count). The number of nitrogens with zero attached hydrogens (tertiary/aromatic N) is 2. The Morgan fingerprint density at radius 2 is 1.96 bits per heavy atom. The number of carbonyl (C=O) groups is 1. The van der Waals surface area contributed by atoms with E-state index in [4.69, 9.17) is 0 Å². The van der Waals surface area contributed by atoms with E-state index in [0.717, 1.165) is 11.4 Å². The fourth-order valence-electron chi connectivity index (χ4n) is 2.51. The smallest absolute Gasteiger partial charge is 0.234 e. The second-order valence-corrected chi connectivity index (χ2v) is 8.57. The summed E-state index contributed by atoms with van der Waals surface area (Å²) in [6.45, 7) is 6.39. The van der Waals surface area contributed by atoms with Crippen LogP contribution in [0.5, 0.6) is 0 Å². The zero-order valence-corrected chi connectivity index (χ0v) is 17.8. The number of benzene rings is 1. The topological polar surface area (TPSA) is 54.9 Å². The number of aromatic nitrogens is 2. The Labute approximate surface area is 174 Å². The fraction of sp³-hybridized carbons (Fsp3) is 0.227. The van der Waals surface area contributed by atoms with E-state index in [0.29, 0.717) is 11.1 Å². The van der Waals surface area contributed by atoms with Gasteiger partial charge in [0.1, 0.15) is 0 Å². The monoisotopic (exact) mass is 409 g/mol. The van der Waals surface area contributed by atoms with E-state index in [1.54, 1.807) is 17.5 Å². The first kappa shape index (κ1) is 20.3. The van der Waals surface area contributed by atoms with E-state index in [-0.39, 0.29) is 11.7 Å². The molecule has 1 N–H and O–H groups in total. The Morgan fingerprint density at radius 3 is 2.64 bits per heavy atom. The largest absolute Gasteiger partial charge is 0.325 e. The minimum absolute atomic E-state index is 0.0685. The number of hydrogen-bond donors (Lipinski definition) is 1. The third kappa shape index (κ3) is 5.78. The van der Waals surface area contributed by atoms with E-state index < -0.39 is 0 Å². The van der Waals surface area contributed by atoms with Crippen LogP contribution in [0.1, 0.15) is 41.5 Å². The molecule has 28 heavy (non-hydrogen) atoms. The Bertz CT molecular complexity index is 962. The molecule has 0 aliphatic carbocycles. The van der Waals surface area contributed by atoms with Crippen molar-refractivity contribution in [1.29, 1.82) is 0 Å². The number of anilines is 1. The third-order valence-corrected chi connectivity index (χ3v) is 6.00. The molecule has 1 amide bonds. The van der Waals surface area contributed by atoms with E-state index in [1.165, 1.54) is 27.8 Å². The van der Waals surface area contributed by atoms with Crippen molar-refractivity contribution >= 4 is 46.8 Å². The van der Waals surface area contributed by atoms with E-state index in [2.05, 4.69) is 53.6 Å². The molecule has 3 aromatic rings. The van der Waals surface area contributed by atoms with Gasteiger partial charge in [0.2, 0.25) is 5.91 Å². The number of carbonyl (C=O) groups excluding carboxylic acids is 1. The van der Waals surface area contributed by atoms with Crippen molar-refractivity contribution < 1.29 is 4.79 Å². The highest BCUT2D eigenvalue weighted by molar-refractivity contribution is 7.99. The predicted molar refractivity (Wildman–Crippen MR) is 120 cm³/mol. The van der Waals surface area contributed by atoms with Crippen molar-refractivity contribution in [2.75, 3.05) is 11.1 Å². The molecule has 144 valence electrons. The molecule has 0 radical (unpaired) electrons. The van der Waals surface area contributed by atoms with Crippen LogP contribution in [0, 0.1) is 6.92 Å². The number of nitrogens with one attached hydrogen (secondary N) is 1. The molecule has 4 nitrogen and oxygen atoms in total. The molecular formula is C22H23N3OS2. The minimum atomic E-state index is -0.0685. The molecule has 0 aliphatic rings. The van der Waals surface area contributed by atoms with Gasteiger partial charge in [0.25, 0.3) is 0 Å².